The smallest absolute Gasteiger partial charge is 0.230 e. The number of hydrogen-bond donors (Lipinski definition) is 1. The molecule has 0 radical (unpaired) electrons. The number of anilines is 1. The highest BCUT2D eigenvalue weighted by Gasteiger charge is 2.60. The number of aliphatic hydroxyl groups excluding tert-OH is 1. The molecule has 1 N–H and O–H groups in total. The first-order chi connectivity index (χ1) is 11.2. The molecule has 1 aromatic carbocycles. The van der Waals surface area contributed by atoms with E-state index in [9.17, 15) is 9.90 Å². The molecule has 2 aromatic rings. The van der Waals surface area contributed by atoms with Gasteiger partial charge in [0.15, 0.2) is 5.72 Å². The maximum Gasteiger partial charge on any atom is 0.230 e. The zero-order valence-electron chi connectivity index (χ0n) is 12.3. The average molecular weight is 309 g/mol. The molecule has 116 valence electrons. The number of ether oxygens (including phenoxy) is 1. The van der Waals surface area contributed by atoms with Crippen LogP contribution >= 0.6 is 0 Å². The highest BCUT2D eigenvalue weighted by Crippen LogP contribution is 2.55. The molecule has 23 heavy (non-hydrogen) atoms. The molecule has 4 heterocycles. The lowest BCUT2D eigenvalue weighted by molar-refractivity contribution is -0.119. The van der Waals surface area contributed by atoms with E-state index in [2.05, 4.69) is 0 Å². The van der Waals surface area contributed by atoms with Crippen LogP contribution < -0.4 is 4.90 Å². The second-order valence-electron chi connectivity index (χ2n) is 6.24. The number of rotatable bonds is 1. The Morgan fingerprint density at radius 1 is 1.30 bits per heavy atom. The zero-order chi connectivity index (χ0) is 15.6. The maximum absolute atomic E-state index is 12.4. The predicted octanol–water partition coefficient (Wildman–Crippen LogP) is 2.98. The van der Waals surface area contributed by atoms with Gasteiger partial charge in [0.1, 0.15) is 5.76 Å². The number of amides is 1. The Morgan fingerprint density at radius 2 is 2.22 bits per heavy atom. The van der Waals surface area contributed by atoms with Crippen molar-refractivity contribution in [1.29, 1.82) is 0 Å². The van der Waals surface area contributed by atoms with Crippen molar-refractivity contribution in [2.75, 3.05) is 4.90 Å². The van der Waals surface area contributed by atoms with Crippen LogP contribution in [0.4, 0.5) is 5.69 Å². The van der Waals surface area contributed by atoms with Crippen molar-refractivity contribution in [3.05, 3.63) is 54.5 Å². The lowest BCUT2D eigenvalue weighted by Crippen LogP contribution is -2.55. The van der Waals surface area contributed by atoms with Gasteiger partial charge < -0.3 is 14.3 Å². The van der Waals surface area contributed by atoms with Gasteiger partial charge in [0.2, 0.25) is 5.91 Å². The van der Waals surface area contributed by atoms with Crippen molar-refractivity contribution in [1.82, 2.24) is 0 Å². The fourth-order valence-electron chi connectivity index (χ4n) is 4.09. The van der Waals surface area contributed by atoms with E-state index in [-0.39, 0.29) is 11.8 Å². The van der Waals surface area contributed by atoms with Gasteiger partial charge in [-0.25, -0.2) is 0 Å². The summed E-state index contributed by atoms with van der Waals surface area (Å²) < 4.78 is 11.3. The van der Waals surface area contributed by atoms with Gasteiger partial charge in [0.25, 0.3) is 0 Å². The fraction of sp³-hybridized carbons (Fsp3) is 0.278. The van der Waals surface area contributed by atoms with Crippen molar-refractivity contribution < 1.29 is 19.1 Å². The summed E-state index contributed by atoms with van der Waals surface area (Å²) in [7, 11) is 0. The van der Waals surface area contributed by atoms with E-state index < -0.39 is 11.8 Å². The predicted molar refractivity (Wildman–Crippen MR) is 82.3 cm³/mol. The van der Waals surface area contributed by atoms with Crippen LogP contribution in [0.3, 0.4) is 0 Å². The van der Waals surface area contributed by atoms with Crippen LogP contribution in [-0.4, -0.2) is 16.7 Å². The lowest BCUT2D eigenvalue weighted by atomic mass is 9.80. The largest absolute Gasteiger partial charge is 0.475 e. The number of nitrogens with zero attached hydrogens (tertiary/aromatic N) is 1. The van der Waals surface area contributed by atoms with E-state index in [1.54, 1.807) is 17.4 Å². The molecule has 1 fully saturated rings. The van der Waals surface area contributed by atoms with Gasteiger partial charge in [0.05, 0.1) is 30.2 Å². The zero-order valence-corrected chi connectivity index (χ0v) is 12.3. The quantitative estimate of drug-likeness (QED) is 0.879. The standard InChI is InChI=1S/C18H15NO4/c20-16-5-7-18-13(6-9-23-18)17(21)12-10-11(15-2-1-8-22-15)3-4-14(12)19(16)18/h1-4,6,8-10,13,17,21H,5,7H2/t13-,17+,18-/m0/s1. The van der Waals surface area contributed by atoms with Gasteiger partial charge >= 0.3 is 0 Å². The molecule has 5 nitrogen and oxygen atoms in total. The second kappa shape index (κ2) is 4.26. The topological polar surface area (TPSA) is 62.9 Å². The van der Waals surface area contributed by atoms with Crippen LogP contribution in [-0.2, 0) is 9.53 Å². The minimum Gasteiger partial charge on any atom is -0.475 e. The normalized spacial score (nSPS) is 30.8. The Morgan fingerprint density at radius 3 is 3.04 bits per heavy atom. The summed E-state index contributed by atoms with van der Waals surface area (Å²) in [5, 5.41) is 10.9. The van der Waals surface area contributed by atoms with Gasteiger partial charge in [-0.2, -0.15) is 0 Å². The summed E-state index contributed by atoms with van der Waals surface area (Å²) in [6, 6.07) is 9.39. The number of aliphatic hydroxyl groups is 1. The number of fused-ring (bicyclic) bond motifs is 2. The fourth-order valence-corrected chi connectivity index (χ4v) is 4.09. The first-order valence-corrected chi connectivity index (χ1v) is 7.74. The first-order valence-electron chi connectivity index (χ1n) is 7.74. The molecular formula is C18H15NO4. The van der Waals surface area contributed by atoms with Crippen LogP contribution in [0.2, 0.25) is 0 Å². The number of carbonyl (C=O) groups is 1. The lowest BCUT2D eigenvalue weighted by Gasteiger charge is -2.45. The van der Waals surface area contributed by atoms with E-state index in [4.69, 9.17) is 9.15 Å². The van der Waals surface area contributed by atoms with Crippen LogP contribution in [0.25, 0.3) is 11.3 Å². The van der Waals surface area contributed by atoms with Crippen molar-refractivity contribution >= 4 is 11.6 Å². The van der Waals surface area contributed by atoms with E-state index in [0.717, 1.165) is 22.6 Å². The molecule has 5 rings (SSSR count). The van der Waals surface area contributed by atoms with Gasteiger partial charge in [-0.05, 0) is 36.4 Å². The number of furan rings is 1. The number of carbonyl (C=O) groups excluding carboxylic acids is 1. The SMILES string of the molecule is O=C1CC[C@]23OC=C[C@H]2[C@H](O)c2cc(-c4ccco4)ccc2N13. The molecule has 3 aliphatic heterocycles. The molecule has 3 atom stereocenters. The summed E-state index contributed by atoms with van der Waals surface area (Å²) in [6.07, 6.45) is 5.41. The third-order valence-corrected chi connectivity index (χ3v) is 5.14. The average Bonchev–Trinajstić information content (AvgIpc) is 3.28. The monoisotopic (exact) mass is 309 g/mol. The maximum atomic E-state index is 12.4. The Bertz CT molecular complexity index is 826. The Hall–Kier alpha value is -2.53. The van der Waals surface area contributed by atoms with Crippen LogP contribution in [0, 0.1) is 5.92 Å². The molecule has 1 aromatic heterocycles. The third kappa shape index (κ3) is 1.52. The van der Waals surface area contributed by atoms with E-state index in [1.807, 2.05) is 36.4 Å². The minimum absolute atomic E-state index is 0.0394. The van der Waals surface area contributed by atoms with E-state index >= 15 is 0 Å². The van der Waals surface area contributed by atoms with E-state index in [1.165, 1.54) is 0 Å². The van der Waals surface area contributed by atoms with E-state index in [0.29, 0.717) is 12.8 Å². The van der Waals surface area contributed by atoms with Crippen molar-refractivity contribution in [3.8, 4) is 11.3 Å². The molecule has 0 aliphatic carbocycles. The summed E-state index contributed by atoms with van der Waals surface area (Å²) >= 11 is 0. The third-order valence-electron chi connectivity index (χ3n) is 5.14. The van der Waals surface area contributed by atoms with Crippen LogP contribution in [0.1, 0.15) is 24.5 Å². The molecule has 0 bridgehead atoms. The van der Waals surface area contributed by atoms with Crippen LogP contribution in [0.15, 0.2) is 53.4 Å². The molecule has 0 unspecified atom stereocenters. The number of benzene rings is 1. The summed E-state index contributed by atoms with van der Waals surface area (Å²) in [6.45, 7) is 0. The second-order valence-corrected chi connectivity index (χ2v) is 6.24. The summed E-state index contributed by atoms with van der Waals surface area (Å²) in [5.74, 6) is 0.536. The molecule has 1 amide bonds. The molecular weight excluding hydrogens is 294 g/mol. The molecule has 1 saturated heterocycles. The highest BCUT2D eigenvalue weighted by molar-refractivity contribution is 5.99. The highest BCUT2D eigenvalue weighted by atomic mass is 16.5. The minimum atomic E-state index is -0.754. The Balaban J connectivity index is 1.71. The van der Waals surface area contributed by atoms with Crippen molar-refractivity contribution in [2.45, 2.75) is 24.7 Å². The van der Waals surface area contributed by atoms with Gasteiger partial charge in [-0.3, -0.25) is 9.69 Å². The molecule has 0 saturated carbocycles. The van der Waals surface area contributed by atoms with Gasteiger partial charge in [-0.1, -0.05) is 0 Å². The summed E-state index contributed by atoms with van der Waals surface area (Å²) in [5.41, 5.74) is 1.60. The van der Waals surface area contributed by atoms with Crippen molar-refractivity contribution in [2.24, 2.45) is 5.92 Å². The van der Waals surface area contributed by atoms with Crippen LogP contribution in [0.5, 0.6) is 0 Å². The Kier molecular flexibility index (Phi) is 2.40. The molecule has 5 heteroatoms. The first kappa shape index (κ1) is 13.0. The number of hydrogen-bond acceptors (Lipinski definition) is 4. The van der Waals surface area contributed by atoms with Crippen molar-refractivity contribution in [3.63, 3.8) is 0 Å². The molecule has 1 spiro atoms. The van der Waals surface area contributed by atoms with Gasteiger partial charge in [-0.15, -0.1) is 0 Å². The van der Waals surface area contributed by atoms with Gasteiger partial charge in [0, 0.05) is 24.0 Å². The molecule has 3 aliphatic rings. The Labute approximate surface area is 132 Å². The summed E-state index contributed by atoms with van der Waals surface area (Å²) in [4.78, 5) is 14.2.